The first kappa shape index (κ1) is 17.5. The van der Waals surface area contributed by atoms with Gasteiger partial charge in [-0.25, -0.2) is 4.79 Å². The molecule has 0 fully saturated rings. The zero-order chi connectivity index (χ0) is 17.4. The molecule has 0 saturated heterocycles. The van der Waals surface area contributed by atoms with Gasteiger partial charge in [0.05, 0.1) is 0 Å². The van der Waals surface area contributed by atoms with E-state index in [2.05, 4.69) is 5.32 Å². The van der Waals surface area contributed by atoms with E-state index in [9.17, 15) is 9.59 Å². The SMILES string of the molecule is CCc1cccc(OCC(=O)OCC(=O)Nc2cccc(C)c2)c1. The fourth-order valence-electron chi connectivity index (χ4n) is 2.11. The van der Waals surface area contributed by atoms with E-state index in [1.165, 1.54) is 0 Å². The van der Waals surface area contributed by atoms with E-state index >= 15 is 0 Å². The zero-order valence-electron chi connectivity index (χ0n) is 13.9. The molecule has 1 N–H and O–H groups in total. The second-order valence-electron chi connectivity index (χ2n) is 5.37. The van der Waals surface area contributed by atoms with Gasteiger partial charge in [-0.05, 0) is 48.7 Å². The van der Waals surface area contributed by atoms with E-state index in [4.69, 9.17) is 9.47 Å². The molecule has 5 nitrogen and oxygen atoms in total. The van der Waals surface area contributed by atoms with Gasteiger partial charge in [-0.2, -0.15) is 0 Å². The van der Waals surface area contributed by atoms with Crippen molar-refractivity contribution in [2.24, 2.45) is 0 Å². The van der Waals surface area contributed by atoms with Crippen LogP contribution in [0.1, 0.15) is 18.1 Å². The van der Waals surface area contributed by atoms with Crippen molar-refractivity contribution in [2.45, 2.75) is 20.3 Å². The van der Waals surface area contributed by atoms with Crippen LogP contribution in [0.15, 0.2) is 48.5 Å². The maximum absolute atomic E-state index is 11.8. The number of rotatable bonds is 7. The van der Waals surface area contributed by atoms with E-state index in [-0.39, 0.29) is 19.1 Å². The van der Waals surface area contributed by atoms with Gasteiger partial charge in [0.2, 0.25) is 0 Å². The average molecular weight is 327 g/mol. The van der Waals surface area contributed by atoms with Crippen LogP contribution in [0.25, 0.3) is 0 Å². The van der Waals surface area contributed by atoms with Crippen molar-refractivity contribution in [2.75, 3.05) is 18.5 Å². The quantitative estimate of drug-likeness (QED) is 0.794. The minimum atomic E-state index is -0.587. The lowest BCUT2D eigenvalue weighted by Gasteiger charge is -2.09. The van der Waals surface area contributed by atoms with E-state index < -0.39 is 5.97 Å². The molecule has 1 amide bonds. The Morgan fingerprint density at radius 2 is 1.83 bits per heavy atom. The third-order valence-corrected chi connectivity index (χ3v) is 3.33. The fourth-order valence-corrected chi connectivity index (χ4v) is 2.11. The maximum atomic E-state index is 11.8. The molecule has 0 unspecified atom stereocenters. The fraction of sp³-hybridized carbons (Fsp3) is 0.263. The van der Waals surface area contributed by atoms with Crippen LogP contribution >= 0.6 is 0 Å². The van der Waals surface area contributed by atoms with Crippen LogP contribution in [0.3, 0.4) is 0 Å². The van der Waals surface area contributed by atoms with Crippen molar-refractivity contribution in [3.8, 4) is 5.75 Å². The highest BCUT2D eigenvalue weighted by Crippen LogP contribution is 2.13. The molecule has 5 heteroatoms. The van der Waals surface area contributed by atoms with Gasteiger partial charge in [0.15, 0.2) is 13.2 Å². The van der Waals surface area contributed by atoms with Crippen LogP contribution in [-0.2, 0) is 20.7 Å². The van der Waals surface area contributed by atoms with Gasteiger partial charge in [-0.15, -0.1) is 0 Å². The molecule has 0 aliphatic rings. The number of carbonyl (C=O) groups is 2. The average Bonchev–Trinajstić information content (AvgIpc) is 2.58. The largest absolute Gasteiger partial charge is 0.482 e. The molecule has 0 atom stereocenters. The van der Waals surface area contributed by atoms with E-state index in [1.54, 1.807) is 12.1 Å². The zero-order valence-corrected chi connectivity index (χ0v) is 13.9. The van der Waals surface area contributed by atoms with Crippen molar-refractivity contribution in [3.63, 3.8) is 0 Å². The summed E-state index contributed by atoms with van der Waals surface area (Å²) in [5, 5.41) is 2.67. The topological polar surface area (TPSA) is 64.6 Å². The molecule has 2 rings (SSSR count). The Bertz CT molecular complexity index is 712. The van der Waals surface area contributed by atoms with Crippen molar-refractivity contribution < 1.29 is 19.1 Å². The van der Waals surface area contributed by atoms with Gasteiger partial charge in [0, 0.05) is 5.69 Å². The van der Waals surface area contributed by atoms with Crippen molar-refractivity contribution in [1.29, 1.82) is 0 Å². The molecule has 0 aliphatic carbocycles. The number of ether oxygens (including phenoxy) is 2. The summed E-state index contributed by atoms with van der Waals surface area (Å²) in [5.41, 5.74) is 2.83. The number of esters is 1. The molecule has 0 spiro atoms. The normalized spacial score (nSPS) is 10.1. The number of nitrogens with one attached hydrogen (secondary N) is 1. The van der Waals surface area contributed by atoms with Gasteiger partial charge in [0.25, 0.3) is 5.91 Å². The highest BCUT2D eigenvalue weighted by atomic mass is 16.6. The minimum Gasteiger partial charge on any atom is -0.482 e. The Kier molecular flexibility index (Phi) is 6.37. The Morgan fingerprint density at radius 1 is 1.04 bits per heavy atom. The van der Waals surface area contributed by atoms with Crippen LogP contribution in [0.2, 0.25) is 0 Å². The molecule has 2 aromatic carbocycles. The number of amides is 1. The van der Waals surface area contributed by atoms with Crippen LogP contribution in [0, 0.1) is 6.92 Å². The number of hydrogen-bond donors (Lipinski definition) is 1. The molecule has 2 aromatic rings. The highest BCUT2D eigenvalue weighted by molar-refractivity contribution is 5.92. The predicted octanol–water partition coefficient (Wildman–Crippen LogP) is 3.12. The molecule has 24 heavy (non-hydrogen) atoms. The Labute approximate surface area is 141 Å². The predicted molar refractivity (Wildman–Crippen MR) is 92.1 cm³/mol. The summed E-state index contributed by atoms with van der Waals surface area (Å²) < 4.78 is 10.3. The Morgan fingerprint density at radius 3 is 2.58 bits per heavy atom. The molecular weight excluding hydrogens is 306 g/mol. The van der Waals surface area contributed by atoms with Crippen LogP contribution in [0.5, 0.6) is 5.75 Å². The molecule has 0 aliphatic heterocycles. The summed E-state index contributed by atoms with van der Waals surface area (Å²) >= 11 is 0. The summed E-state index contributed by atoms with van der Waals surface area (Å²) in [6, 6.07) is 14.9. The van der Waals surface area contributed by atoms with Crippen molar-refractivity contribution in [3.05, 3.63) is 59.7 Å². The van der Waals surface area contributed by atoms with Gasteiger partial charge >= 0.3 is 5.97 Å². The third-order valence-electron chi connectivity index (χ3n) is 3.33. The van der Waals surface area contributed by atoms with Gasteiger partial charge in [-0.1, -0.05) is 31.2 Å². The summed E-state index contributed by atoms with van der Waals surface area (Å²) in [6.07, 6.45) is 0.890. The second-order valence-corrected chi connectivity index (χ2v) is 5.37. The molecule has 0 aromatic heterocycles. The number of benzene rings is 2. The molecular formula is C19H21NO4. The highest BCUT2D eigenvalue weighted by Gasteiger charge is 2.09. The third kappa shape index (κ3) is 5.76. The molecule has 0 saturated carbocycles. The van der Waals surface area contributed by atoms with Crippen LogP contribution in [0.4, 0.5) is 5.69 Å². The van der Waals surface area contributed by atoms with Gasteiger partial charge in [-0.3, -0.25) is 4.79 Å². The number of carbonyl (C=O) groups excluding carboxylic acids is 2. The van der Waals surface area contributed by atoms with E-state index in [1.807, 2.05) is 50.2 Å². The van der Waals surface area contributed by atoms with E-state index in [0.717, 1.165) is 17.5 Å². The first-order valence-corrected chi connectivity index (χ1v) is 7.80. The Balaban J connectivity index is 1.73. The minimum absolute atomic E-state index is 0.231. The lowest BCUT2D eigenvalue weighted by atomic mass is 10.2. The first-order valence-electron chi connectivity index (χ1n) is 7.80. The second kappa shape index (κ2) is 8.72. The van der Waals surface area contributed by atoms with Gasteiger partial charge < -0.3 is 14.8 Å². The van der Waals surface area contributed by atoms with E-state index in [0.29, 0.717) is 11.4 Å². The van der Waals surface area contributed by atoms with Crippen LogP contribution < -0.4 is 10.1 Å². The Hall–Kier alpha value is -2.82. The van der Waals surface area contributed by atoms with Crippen molar-refractivity contribution >= 4 is 17.6 Å². The van der Waals surface area contributed by atoms with Crippen molar-refractivity contribution in [1.82, 2.24) is 0 Å². The lowest BCUT2D eigenvalue weighted by molar-refractivity contribution is -0.149. The summed E-state index contributed by atoms with van der Waals surface area (Å²) in [7, 11) is 0. The standard InChI is InChI=1S/C19H21NO4/c1-3-15-7-5-9-17(11-15)23-13-19(22)24-12-18(21)20-16-8-4-6-14(2)10-16/h4-11H,3,12-13H2,1-2H3,(H,20,21). The lowest BCUT2D eigenvalue weighted by Crippen LogP contribution is -2.23. The summed E-state index contributed by atoms with van der Waals surface area (Å²) in [4.78, 5) is 23.4. The maximum Gasteiger partial charge on any atom is 0.344 e. The number of aryl methyl sites for hydroxylation is 2. The first-order chi connectivity index (χ1) is 11.6. The van der Waals surface area contributed by atoms with Crippen LogP contribution in [-0.4, -0.2) is 25.1 Å². The number of hydrogen-bond acceptors (Lipinski definition) is 4. The molecule has 126 valence electrons. The van der Waals surface area contributed by atoms with Gasteiger partial charge in [0.1, 0.15) is 5.75 Å². The molecule has 0 bridgehead atoms. The molecule has 0 radical (unpaired) electrons. The number of anilines is 1. The smallest absolute Gasteiger partial charge is 0.344 e. The monoisotopic (exact) mass is 327 g/mol. The molecule has 0 heterocycles. The summed E-state index contributed by atoms with van der Waals surface area (Å²) in [6.45, 7) is 3.40. The summed E-state index contributed by atoms with van der Waals surface area (Å²) in [5.74, 6) is -0.367.